The molecule has 1 aromatic carbocycles. The summed E-state index contributed by atoms with van der Waals surface area (Å²) in [6.45, 7) is 3.82. The number of nitrogens with zero attached hydrogens (tertiary/aromatic N) is 1. The number of amides is 2. The molecule has 3 atom stereocenters. The molecule has 2 amide bonds. The van der Waals surface area contributed by atoms with E-state index in [1.54, 1.807) is 4.90 Å². The predicted molar refractivity (Wildman–Crippen MR) is 89.2 cm³/mol. The maximum atomic E-state index is 13.3. The molecule has 2 rings (SSSR count). The van der Waals surface area contributed by atoms with Gasteiger partial charge in [0.25, 0.3) is 0 Å². The molecule has 5 nitrogen and oxygen atoms in total. The highest BCUT2D eigenvalue weighted by molar-refractivity contribution is 5.88. The summed E-state index contributed by atoms with van der Waals surface area (Å²) >= 11 is 0. The lowest BCUT2D eigenvalue weighted by atomic mass is 10.1. The van der Waals surface area contributed by atoms with Crippen molar-refractivity contribution in [2.75, 3.05) is 19.8 Å². The predicted octanol–water partition coefficient (Wildman–Crippen LogP) is 3.07. The fourth-order valence-corrected chi connectivity index (χ4v) is 2.88. The molecule has 6 heteroatoms. The molecule has 1 heterocycles. The van der Waals surface area contributed by atoms with Gasteiger partial charge in [-0.3, -0.25) is 9.18 Å². The second-order valence-electron chi connectivity index (χ2n) is 6.10. The maximum Gasteiger partial charge on any atom is 0.407 e. The van der Waals surface area contributed by atoms with Gasteiger partial charge in [-0.1, -0.05) is 43.7 Å². The number of alkyl carbamates (subject to hydrolysis) is 1. The molecule has 1 aliphatic rings. The maximum absolute atomic E-state index is 13.3. The average molecular weight is 336 g/mol. The Balaban J connectivity index is 2.02. The van der Waals surface area contributed by atoms with Crippen LogP contribution in [-0.4, -0.2) is 42.8 Å². The molecule has 132 valence electrons. The SMILES string of the molecule is CCCCOC(=O)NC1C(=O)N([C@H](C)c2ccccc2)C[C@@H]1CF. The number of alkyl halides is 1. The zero-order valence-electron chi connectivity index (χ0n) is 14.2. The molecule has 0 aliphatic carbocycles. The minimum Gasteiger partial charge on any atom is -0.450 e. The lowest BCUT2D eigenvalue weighted by Crippen LogP contribution is -2.45. The van der Waals surface area contributed by atoms with Crippen molar-refractivity contribution in [2.24, 2.45) is 5.92 Å². The standard InChI is InChI=1S/C18H25FN2O3/c1-3-4-10-24-18(23)20-16-15(11-19)12-21(17(16)22)13(2)14-8-6-5-7-9-14/h5-9,13,15-16H,3-4,10-12H2,1-2H3,(H,20,23)/t13-,15+,16?/m1/s1. The van der Waals surface area contributed by atoms with Gasteiger partial charge >= 0.3 is 6.09 Å². The fraction of sp³-hybridized carbons (Fsp3) is 0.556. The van der Waals surface area contributed by atoms with Gasteiger partial charge in [0.2, 0.25) is 5.91 Å². The Morgan fingerprint density at radius 1 is 1.42 bits per heavy atom. The number of likely N-dealkylation sites (tertiary alicyclic amines) is 1. The molecule has 1 aromatic rings. The number of carbonyl (C=O) groups excluding carboxylic acids is 2. The smallest absolute Gasteiger partial charge is 0.407 e. The lowest BCUT2D eigenvalue weighted by Gasteiger charge is -2.25. The second kappa shape index (κ2) is 8.66. The highest BCUT2D eigenvalue weighted by Gasteiger charge is 2.43. The number of benzene rings is 1. The van der Waals surface area contributed by atoms with Gasteiger partial charge in [0, 0.05) is 12.5 Å². The molecular weight excluding hydrogens is 311 g/mol. The van der Waals surface area contributed by atoms with Crippen LogP contribution in [0.2, 0.25) is 0 Å². The largest absolute Gasteiger partial charge is 0.450 e. The monoisotopic (exact) mass is 336 g/mol. The van der Waals surface area contributed by atoms with E-state index < -0.39 is 24.7 Å². The Morgan fingerprint density at radius 3 is 2.75 bits per heavy atom. The van der Waals surface area contributed by atoms with E-state index in [0.29, 0.717) is 6.61 Å². The number of halogens is 1. The third kappa shape index (κ3) is 4.24. The number of hydrogen-bond donors (Lipinski definition) is 1. The van der Waals surface area contributed by atoms with Crippen LogP contribution in [0.3, 0.4) is 0 Å². The lowest BCUT2D eigenvalue weighted by molar-refractivity contribution is -0.131. The third-order valence-corrected chi connectivity index (χ3v) is 4.40. The number of nitrogens with one attached hydrogen (secondary N) is 1. The van der Waals surface area contributed by atoms with Gasteiger partial charge in [-0.2, -0.15) is 0 Å². The molecule has 0 bridgehead atoms. The van der Waals surface area contributed by atoms with Crippen LogP contribution in [0.4, 0.5) is 9.18 Å². The van der Waals surface area contributed by atoms with Crippen LogP contribution in [0.5, 0.6) is 0 Å². The van der Waals surface area contributed by atoms with Crippen LogP contribution >= 0.6 is 0 Å². The van der Waals surface area contributed by atoms with Crippen molar-refractivity contribution in [3.63, 3.8) is 0 Å². The van der Waals surface area contributed by atoms with Crippen molar-refractivity contribution in [3.05, 3.63) is 35.9 Å². The van der Waals surface area contributed by atoms with Gasteiger partial charge in [0.05, 0.1) is 19.3 Å². The van der Waals surface area contributed by atoms with Crippen molar-refractivity contribution < 1.29 is 18.7 Å². The minimum absolute atomic E-state index is 0.171. The zero-order chi connectivity index (χ0) is 17.5. The fourth-order valence-electron chi connectivity index (χ4n) is 2.88. The van der Waals surface area contributed by atoms with Crippen molar-refractivity contribution >= 4 is 12.0 Å². The van der Waals surface area contributed by atoms with Crippen LogP contribution in [0, 0.1) is 5.92 Å². The molecule has 1 N–H and O–H groups in total. The van der Waals surface area contributed by atoms with Gasteiger partial charge in [0.15, 0.2) is 0 Å². The summed E-state index contributed by atoms with van der Waals surface area (Å²) in [4.78, 5) is 26.1. The van der Waals surface area contributed by atoms with Crippen LogP contribution < -0.4 is 5.32 Å². The topological polar surface area (TPSA) is 58.6 Å². The van der Waals surface area contributed by atoms with E-state index in [0.717, 1.165) is 18.4 Å². The number of rotatable bonds is 7. The van der Waals surface area contributed by atoms with Crippen molar-refractivity contribution in [3.8, 4) is 0 Å². The summed E-state index contributed by atoms with van der Waals surface area (Å²) in [7, 11) is 0. The van der Waals surface area contributed by atoms with E-state index in [-0.39, 0.29) is 18.5 Å². The van der Waals surface area contributed by atoms with Gasteiger partial charge in [0.1, 0.15) is 6.04 Å². The first kappa shape index (κ1) is 18.2. The summed E-state index contributed by atoms with van der Waals surface area (Å²) in [5.41, 5.74) is 0.981. The minimum atomic E-state index is -0.865. The Morgan fingerprint density at radius 2 is 2.12 bits per heavy atom. The molecule has 1 aliphatic heterocycles. The molecule has 0 spiro atoms. The first-order valence-corrected chi connectivity index (χ1v) is 8.43. The van der Waals surface area contributed by atoms with Gasteiger partial charge in [-0.05, 0) is 18.9 Å². The van der Waals surface area contributed by atoms with Gasteiger partial charge < -0.3 is 15.0 Å². The molecule has 1 saturated heterocycles. The van der Waals surface area contributed by atoms with Gasteiger partial charge in [-0.15, -0.1) is 0 Å². The molecule has 1 fully saturated rings. The van der Waals surface area contributed by atoms with Gasteiger partial charge in [-0.25, -0.2) is 4.79 Å². The number of carbonyl (C=O) groups is 2. The second-order valence-corrected chi connectivity index (χ2v) is 6.10. The Labute approximate surface area is 142 Å². The van der Waals surface area contributed by atoms with E-state index >= 15 is 0 Å². The summed E-state index contributed by atoms with van der Waals surface area (Å²) in [5.74, 6) is -0.816. The molecule has 0 saturated carbocycles. The summed E-state index contributed by atoms with van der Waals surface area (Å²) in [6, 6.07) is 8.54. The number of hydrogen-bond acceptors (Lipinski definition) is 3. The Hall–Kier alpha value is -2.11. The van der Waals surface area contributed by atoms with E-state index in [2.05, 4.69) is 5.32 Å². The molecule has 0 aromatic heterocycles. The summed E-state index contributed by atoms with van der Waals surface area (Å²) < 4.78 is 18.4. The zero-order valence-corrected chi connectivity index (χ0v) is 14.2. The number of unbranched alkanes of at least 4 members (excludes halogenated alkanes) is 1. The van der Waals surface area contributed by atoms with Crippen LogP contribution in [0.25, 0.3) is 0 Å². The van der Waals surface area contributed by atoms with Crippen LogP contribution in [0.1, 0.15) is 38.3 Å². The normalized spacial score (nSPS) is 21.6. The molecule has 24 heavy (non-hydrogen) atoms. The van der Waals surface area contributed by atoms with Crippen LogP contribution in [0.15, 0.2) is 30.3 Å². The highest BCUT2D eigenvalue weighted by Crippen LogP contribution is 2.29. The van der Waals surface area contributed by atoms with E-state index in [1.807, 2.05) is 44.2 Å². The van der Waals surface area contributed by atoms with E-state index in [9.17, 15) is 14.0 Å². The molecule has 0 radical (unpaired) electrons. The average Bonchev–Trinajstić information content (AvgIpc) is 2.91. The van der Waals surface area contributed by atoms with Crippen molar-refractivity contribution in [1.82, 2.24) is 10.2 Å². The molecular formula is C18H25FN2O3. The highest BCUT2D eigenvalue weighted by atomic mass is 19.1. The quantitative estimate of drug-likeness (QED) is 0.779. The number of ether oxygens (including phenoxy) is 1. The van der Waals surface area contributed by atoms with Crippen LogP contribution in [-0.2, 0) is 9.53 Å². The Kier molecular flexibility index (Phi) is 6.58. The first-order valence-electron chi connectivity index (χ1n) is 8.43. The van der Waals surface area contributed by atoms with E-state index in [1.165, 1.54) is 0 Å². The summed E-state index contributed by atoms with van der Waals surface area (Å²) in [5, 5.41) is 2.53. The van der Waals surface area contributed by atoms with Crippen molar-refractivity contribution in [2.45, 2.75) is 38.8 Å². The molecule has 1 unspecified atom stereocenters. The third-order valence-electron chi connectivity index (χ3n) is 4.40. The first-order chi connectivity index (χ1) is 11.6. The van der Waals surface area contributed by atoms with E-state index in [4.69, 9.17) is 4.74 Å². The van der Waals surface area contributed by atoms with Crippen molar-refractivity contribution in [1.29, 1.82) is 0 Å². The Bertz CT molecular complexity index is 552. The summed E-state index contributed by atoms with van der Waals surface area (Å²) in [6.07, 6.45) is 1.01.